The number of aromatic hydroxyl groups is 1. The Morgan fingerprint density at radius 1 is 1.43 bits per heavy atom. The molecule has 3 rings (SSSR count). The quantitative estimate of drug-likeness (QED) is 0.597. The molecule has 13 heteroatoms. The molecule has 1 aromatic carbocycles. The van der Waals surface area contributed by atoms with Crippen LogP contribution in [0.5, 0.6) is 5.75 Å². The van der Waals surface area contributed by atoms with Crippen LogP contribution >= 0.6 is 11.3 Å². The predicted molar refractivity (Wildman–Crippen MR) is 99.3 cm³/mol. The van der Waals surface area contributed by atoms with E-state index in [2.05, 4.69) is 4.98 Å². The third kappa shape index (κ3) is 5.73. The SMILES string of the molecule is Cc1nc(C(F)(F)F)c(S(=O)N2CCC(O)(CO)C2)s1.N#Cc1ccc(O)cc1F. The van der Waals surface area contributed by atoms with E-state index >= 15 is 0 Å². The lowest BCUT2D eigenvalue weighted by Gasteiger charge is -2.20. The van der Waals surface area contributed by atoms with E-state index in [1.165, 1.54) is 23.4 Å². The Kier molecular flexibility index (Phi) is 7.54. The monoisotopic (exact) mass is 467 g/mol. The molecule has 0 aliphatic carbocycles. The highest BCUT2D eigenvalue weighted by atomic mass is 32.2. The normalized spacial score (nSPS) is 20.3. The number of rotatable bonds is 3. The number of phenolic OH excluding ortho intramolecular Hbond substituents is 1. The summed E-state index contributed by atoms with van der Waals surface area (Å²) in [4.78, 5) is 3.39. The number of nitriles is 1. The molecular weight excluding hydrogens is 450 g/mol. The van der Waals surface area contributed by atoms with Crippen LogP contribution in [0.25, 0.3) is 0 Å². The van der Waals surface area contributed by atoms with E-state index in [-0.39, 0.29) is 40.0 Å². The number of aliphatic hydroxyl groups is 2. The number of alkyl halides is 3. The lowest BCUT2D eigenvalue weighted by atomic mass is 10.1. The van der Waals surface area contributed by atoms with Crippen molar-refractivity contribution in [2.24, 2.45) is 0 Å². The highest BCUT2D eigenvalue weighted by Gasteiger charge is 2.43. The molecule has 1 fully saturated rings. The van der Waals surface area contributed by atoms with Gasteiger partial charge in [0.2, 0.25) is 0 Å². The fourth-order valence-electron chi connectivity index (χ4n) is 2.51. The fraction of sp³-hybridized carbons (Fsp3) is 0.412. The molecule has 0 amide bonds. The third-order valence-corrected chi connectivity index (χ3v) is 6.76. The summed E-state index contributed by atoms with van der Waals surface area (Å²) in [6.07, 6.45) is -4.50. The third-order valence-electron chi connectivity index (χ3n) is 4.03. The summed E-state index contributed by atoms with van der Waals surface area (Å²) in [6, 6.07) is 5.03. The Bertz CT molecular complexity index is 977. The standard InChI is InChI=1S/C10H13F3N2O3S2.C7H4FNO/c1-6-14-7(10(11,12)13)8(19-6)20(18)15-3-2-9(17,4-15)5-16;8-7-3-6(10)2-1-5(7)4-9/h16-17H,2-5H2,1H3;1-3,10H. The minimum Gasteiger partial charge on any atom is -0.508 e. The van der Waals surface area contributed by atoms with Crippen molar-refractivity contribution < 1.29 is 37.1 Å². The van der Waals surface area contributed by atoms with Gasteiger partial charge in [-0.05, 0) is 25.5 Å². The van der Waals surface area contributed by atoms with E-state index < -0.39 is 40.9 Å². The number of β-amino-alcohol motifs (C(OH)–C–C–N with tert-alkyl or cyclic N) is 1. The van der Waals surface area contributed by atoms with Gasteiger partial charge < -0.3 is 15.3 Å². The average molecular weight is 467 g/mol. The maximum Gasteiger partial charge on any atom is 0.435 e. The Morgan fingerprint density at radius 2 is 2.10 bits per heavy atom. The van der Waals surface area contributed by atoms with E-state index in [9.17, 15) is 26.9 Å². The Hall–Kier alpha value is -2.11. The minimum atomic E-state index is -4.66. The maximum atomic E-state index is 12.8. The molecule has 1 aromatic heterocycles. The molecule has 0 saturated carbocycles. The highest BCUT2D eigenvalue weighted by molar-refractivity contribution is 7.85. The second-order valence-electron chi connectivity index (χ2n) is 6.39. The van der Waals surface area contributed by atoms with Gasteiger partial charge in [-0.25, -0.2) is 17.9 Å². The van der Waals surface area contributed by atoms with Crippen LogP contribution in [0.1, 0.15) is 22.7 Å². The number of aliphatic hydroxyl groups excluding tert-OH is 1. The summed E-state index contributed by atoms with van der Waals surface area (Å²) in [5, 5.41) is 36.0. The van der Waals surface area contributed by atoms with Gasteiger partial charge in [-0.1, -0.05) is 0 Å². The van der Waals surface area contributed by atoms with E-state index in [0.29, 0.717) is 0 Å². The van der Waals surface area contributed by atoms with Gasteiger partial charge in [-0.2, -0.15) is 18.4 Å². The van der Waals surface area contributed by atoms with Gasteiger partial charge in [-0.15, -0.1) is 11.3 Å². The number of aromatic nitrogens is 1. The number of nitrogens with zero attached hydrogens (tertiary/aromatic N) is 3. The molecule has 1 saturated heterocycles. The van der Waals surface area contributed by atoms with Gasteiger partial charge in [0, 0.05) is 19.2 Å². The van der Waals surface area contributed by atoms with Gasteiger partial charge in [-0.3, -0.25) is 0 Å². The zero-order valence-corrected chi connectivity index (χ0v) is 17.1. The van der Waals surface area contributed by atoms with E-state index in [1.807, 2.05) is 0 Å². The predicted octanol–water partition coefficient (Wildman–Crippen LogP) is 2.33. The van der Waals surface area contributed by atoms with Crippen LogP contribution in [0.15, 0.2) is 22.4 Å². The number of hydrogen-bond acceptors (Lipinski definition) is 7. The molecule has 2 unspecified atom stereocenters. The first kappa shape index (κ1) is 24.2. The molecule has 3 N–H and O–H groups in total. The highest BCUT2D eigenvalue weighted by Crippen LogP contribution is 2.37. The van der Waals surface area contributed by atoms with Crippen molar-refractivity contribution in [2.45, 2.75) is 29.3 Å². The maximum absolute atomic E-state index is 12.8. The van der Waals surface area contributed by atoms with E-state index in [1.54, 1.807) is 6.07 Å². The second-order valence-corrected chi connectivity index (χ2v) is 9.27. The molecule has 0 bridgehead atoms. The number of benzene rings is 1. The summed E-state index contributed by atoms with van der Waals surface area (Å²) in [7, 11) is -2.05. The second kappa shape index (κ2) is 9.36. The van der Waals surface area contributed by atoms with Gasteiger partial charge in [0.25, 0.3) is 0 Å². The first-order valence-corrected chi connectivity index (χ1v) is 10.3. The zero-order valence-electron chi connectivity index (χ0n) is 15.5. The molecule has 1 aliphatic heterocycles. The zero-order chi connectivity index (χ0) is 22.7. The molecule has 1 aliphatic rings. The first-order chi connectivity index (χ1) is 13.9. The molecular formula is C17H17F4N3O4S2. The van der Waals surface area contributed by atoms with Crippen LogP contribution in [0.2, 0.25) is 0 Å². The van der Waals surface area contributed by atoms with Crippen LogP contribution < -0.4 is 0 Å². The number of thiazole rings is 1. The van der Waals surface area contributed by atoms with Crippen molar-refractivity contribution in [2.75, 3.05) is 19.7 Å². The summed E-state index contributed by atoms with van der Waals surface area (Å²) < 4.78 is 64.1. The fourth-order valence-corrected chi connectivity index (χ4v) is 5.31. The van der Waals surface area contributed by atoms with Crippen molar-refractivity contribution >= 4 is 22.3 Å². The summed E-state index contributed by atoms with van der Waals surface area (Å²) in [6.45, 7) is 0.908. The number of phenols is 1. The molecule has 30 heavy (non-hydrogen) atoms. The van der Waals surface area contributed by atoms with Crippen LogP contribution in [0, 0.1) is 24.1 Å². The number of halogens is 4. The van der Waals surface area contributed by atoms with Gasteiger partial charge in [0.05, 0.1) is 17.2 Å². The lowest BCUT2D eigenvalue weighted by molar-refractivity contribution is -0.142. The molecule has 2 heterocycles. The lowest BCUT2D eigenvalue weighted by Crippen LogP contribution is -2.37. The van der Waals surface area contributed by atoms with Crippen molar-refractivity contribution in [1.82, 2.24) is 9.29 Å². The Morgan fingerprint density at radius 3 is 2.60 bits per heavy atom. The van der Waals surface area contributed by atoms with Crippen molar-refractivity contribution in [3.63, 3.8) is 0 Å². The molecule has 2 atom stereocenters. The molecule has 0 radical (unpaired) electrons. The number of aryl methyl sites for hydroxylation is 1. The molecule has 2 aromatic rings. The minimum absolute atomic E-state index is 0.0576. The van der Waals surface area contributed by atoms with Gasteiger partial charge in [0.15, 0.2) is 5.69 Å². The van der Waals surface area contributed by atoms with Crippen molar-refractivity contribution in [1.29, 1.82) is 5.26 Å². The van der Waals surface area contributed by atoms with Gasteiger partial charge >= 0.3 is 6.18 Å². The van der Waals surface area contributed by atoms with Crippen LogP contribution in [-0.4, -0.2) is 54.1 Å². The van der Waals surface area contributed by atoms with Crippen molar-refractivity contribution in [3.05, 3.63) is 40.3 Å². The topological polar surface area (TPSA) is 118 Å². The molecule has 7 nitrogen and oxygen atoms in total. The summed E-state index contributed by atoms with van der Waals surface area (Å²) >= 11 is 0.727. The van der Waals surface area contributed by atoms with Crippen LogP contribution in [-0.2, 0) is 17.2 Å². The van der Waals surface area contributed by atoms with Crippen molar-refractivity contribution in [3.8, 4) is 11.8 Å². The smallest absolute Gasteiger partial charge is 0.435 e. The van der Waals surface area contributed by atoms with Crippen LogP contribution in [0.4, 0.5) is 17.6 Å². The molecule has 0 spiro atoms. The Balaban J connectivity index is 0.000000269. The first-order valence-electron chi connectivity index (χ1n) is 8.33. The average Bonchev–Trinajstić information content (AvgIpc) is 3.25. The molecule has 164 valence electrons. The van der Waals surface area contributed by atoms with Gasteiger partial charge in [0.1, 0.15) is 38.4 Å². The summed E-state index contributed by atoms with van der Waals surface area (Å²) in [5.41, 5.74) is -2.61. The van der Waals surface area contributed by atoms with Crippen LogP contribution in [0.3, 0.4) is 0 Å². The van der Waals surface area contributed by atoms with E-state index in [0.717, 1.165) is 17.4 Å². The summed E-state index contributed by atoms with van der Waals surface area (Å²) in [5.74, 6) is -0.862. The Labute approximate surface area is 175 Å². The largest absolute Gasteiger partial charge is 0.508 e. The number of hydrogen-bond donors (Lipinski definition) is 3. The van der Waals surface area contributed by atoms with E-state index in [4.69, 9.17) is 15.5 Å².